The summed E-state index contributed by atoms with van der Waals surface area (Å²) in [5, 5.41) is 0. The predicted molar refractivity (Wildman–Crippen MR) is 110 cm³/mol. The lowest BCUT2D eigenvalue weighted by atomic mass is 10.1. The van der Waals surface area contributed by atoms with Crippen molar-refractivity contribution in [3.63, 3.8) is 0 Å². The van der Waals surface area contributed by atoms with E-state index in [0.29, 0.717) is 0 Å². The fourth-order valence-corrected chi connectivity index (χ4v) is 7.68. The van der Waals surface area contributed by atoms with Gasteiger partial charge in [0.2, 0.25) is 0 Å². The maximum atomic E-state index is 6.63. The fraction of sp³-hybridized carbons (Fsp3) is 1.00. The van der Waals surface area contributed by atoms with Crippen LogP contribution in [0, 0.1) is 17.8 Å². The van der Waals surface area contributed by atoms with Crippen LogP contribution in [0.15, 0.2) is 0 Å². The van der Waals surface area contributed by atoms with Gasteiger partial charge in [-0.1, -0.05) is 80.1 Å². The van der Waals surface area contributed by atoms with Crippen LogP contribution in [0.2, 0.25) is 18.1 Å². The van der Waals surface area contributed by atoms with Gasteiger partial charge in [-0.2, -0.15) is 0 Å². The van der Waals surface area contributed by atoms with Crippen LogP contribution in [0.5, 0.6) is 0 Å². The molecule has 0 saturated carbocycles. The van der Waals surface area contributed by atoms with E-state index in [4.69, 9.17) is 9.16 Å². The van der Waals surface area contributed by atoms with Gasteiger partial charge in [-0.25, -0.2) is 0 Å². The lowest BCUT2D eigenvalue weighted by molar-refractivity contribution is 0.139. The van der Waals surface area contributed by atoms with Crippen LogP contribution in [-0.4, -0.2) is 28.6 Å². The Morgan fingerprint density at radius 2 is 1.00 bits per heavy atom. The minimum Gasteiger partial charge on any atom is -0.414 e. The molecule has 0 amide bonds. The average Bonchev–Trinajstić information content (AvgIpc) is 2.46. The van der Waals surface area contributed by atoms with Crippen molar-refractivity contribution in [2.75, 3.05) is 20.3 Å². The van der Waals surface area contributed by atoms with Crippen LogP contribution in [0.4, 0.5) is 0 Å². The number of ether oxygens (including phenoxy) is 1. The Morgan fingerprint density at radius 3 is 1.29 bits per heavy atom. The number of hydrogen-bond donors (Lipinski definition) is 0. The smallest absolute Gasteiger partial charge is 0.192 e. The van der Waals surface area contributed by atoms with Gasteiger partial charge in [-0.05, 0) is 35.9 Å². The summed E-state index contributed by atoms with van der Waals surface area (Å²) >= 11 is 0. The SMILES string of the molecule is COCCO[Si](CCCC(C)C)(CCCC(C)C)CCCC(C)C. The molecule has 3 heteroatoms. The largest absolute Gasteiger partial charge is 0.414 e. The van der Waals surface area contributed by atoms with Gasteiger partial charge in [0.15, 0.2) is 8.32 Å². The molecule has 0 unspecified atom stereocenters. The first-order valence-corrected chi connectivity index (χ1v) is 13.0. The van der Waals surface area contributed by atoms with E-state index in [-0.39, 0.29) is 0 Å². The Balaban J connectivity index is 4.77. The molecule has 0 aromatic heterocycles. The van der Waals surface area contributed by atoms with E-state index in [0.717, 1.165) is 31.0 Å². The Bertz CT molecular complexity index is 241. The molecule has 0 aromatic carbocycles. The molecular weight excluding hydrogens is 312 g/mol. The first-order chi connectivity index (χ1) is 11.3. The van der Waals surface area contributed by atoms with Gasteiger partial charge in [-0.3, -0.25) is 0 Å². The summed E-state index contributed by atoms with van der Waals surface area (Å²) in [6.07, 6.45) is 8.07. The normalized spacial score (nSPS) is 12.8. The molecule has 0 bridgehead atoms. The highest BCUT2D eigenvalue weighted by molar-refractivity contribution is 6.73. The second kappa shape index (κ2) is 14.3. The first kappa shape index (κ1) is 24.1. The molecule has 0 fully saturated rings. The van der Waals surface area contributed by atoms with Gasteiger partial charge in [0, 0.05) is 7.11 Å². The monoisotopic (exact) mass is 358 g/mol. The van der Waals surface area contributed by atoms with E-state index in [1.165, 1.54) is 56.7 Å². The van der Waals surface area contributed by atoms with Crippen molar-refractivity contribution in [3.05, 3.63) is 0 Å². The first-order valence-electron chi connectivity index (χ1n) is 10.4. The van der Waals surface area contributed by atoms with E-state index >= 15 is 0 Å². The van der Waals surface area contributed by atoms with Crippen LogP contribution < -0.4 is 0 Å². The van der Waals surface area contributed by atoms with Crippen LogP contribution >= 0.6 is 0 Å². The van der Waals surface area contributed by atoms with E-state index in [9.17, 15) is 0 Å². The van der Waals surface area contributed by atoms with Gasteiger partial charge < -0.3 is 9.16 Å². The van der Waals surface area contributed by atoms with E-state index in [1.54, 1.807) is 7.11 Å². The summed E-state index contributed by atoms with van der Waals surface area (Å²) in [5.74, 6) is 2.42. The maximum absolute atomic E-state index is 6.63. The molecule has 24 heavy (non-hydrogen) atoms. The quantitative estimate of drug-likeness (QED) is 0.220. The molecule has 0 rings (SSSR count). The zero-order valence-corrected chi connectivity index (χ0v) is 18.8. The minimum atomic E-state index is -1.61. The predicted octanol–water partition coefficient (Wildman–Crippen LogP) is 6.90. The third kappa shape index (κ3) is 13.4. The molecule has 0 N–H and O–H groups in total. The van der Waals surface area contributed by atoms with E-state index in [1.807, 2.05) is 0 Å². The molecule has 0 atom stereocenters. The van der Waals surface area contributed by atoms with Gasteiger partial charge >= 0.3 is 0 Å². The fourth-order valence-electron chi connectivity index (χ4n) is 3.43. The Labute approximate surface area is 154 Å². The lowest BCUT2D eigenvalue weighted by Crippen LogP contribution is -2.39. The molecule has 2 nitrogen and oxygen atoms in total. The Morgan fingerprint density at radius 1 is 0.625 bits per heavy atom. The van der Waals surface area contributed by atoms with Crippen molar-refractivity contribution < 1.29 is 9.16 Å². The van der Waals surface area contributed by atoms with Gasteiger partial charge in [0.25, 0.3) is 0 Å². The van der Waals surface area contributed by atoms with Gasteiger partial charge in [-0.15, -0.1) is 0 Å². The molecule has 146 valence electrons. The summed E-state index contributed by atoms with van der Waals surface area (Å²) in [5.41, 5.74) is 0. The van der Waals surface area contributed by atoms with Crippen molar-refractivity contribution in [2.45, 2.75) is 98.2 Å². The second-order valence-corrected chi connectivity index (χ2v) is 13.0. The summed E-state index contributed by atoms with van der Waals surface area (Å²) in [7, 11) is 0.167. The lowest BCUT2D eigenvalue weighted by Gasteiger charge is -2.33. The standard InChI is InChI=1S/C21H46O2Si/c1-19(2)11-8-16-24(23-15-14-22-7,17-9-12-20(3)4)18-10-13-21(5)6/h19-21H,8-18H2,1-7H3. The molecule has 0 aliphatic carbocycles. The Kier molecular flexibility index (Phi) is 14.4. The van der Waals surface area contributed by atoms with Crippen molar-refractivity contribution in [3.8, 4) is 0 Å². The van der Waals surface area contributed by atoms with Crippen LogP contribution in [0.25, 0.3) is 0 Å². The molecule has 0 aliphatic rings. The zero-order valence-electron chi connectivity index (χ0n) is 17.8. The molecule has 0 aromatic rings. The molecule has 0 aliphatic heterocycles. The third-order valence-corrected chi connectivity index (χ3v) is 9.55. The highest BCUT2D eigenvalue weighted by Gasteiger charge is 2.33. The average molecular weight is 359 g/mol. The van der Waals surface area contributed by atoms with Crippen LogP contribution in [0.3, 0.4) is 0 Å². The summed E-state index contributed by atoms with van der Waals surface area (Å²) in [6, 6.07) is 4.06. The maximum Gasteiger partial charge on any atom is 0.192 e. The molecule has 0 radical (unpaired) electrons. The van der Waals surface area contributed by atoms with Crippen molar-refractivity contribution in [2.24, 2.45) is 17.8 Å². The third-order valence-electron chi connectivity index (χ3n) is 4.94. The zero-order chi connectivity index (χ0) is 18.4. The van der Waals surface area contributed by atoms with Crippen molar-refractivity contribution in [1.82, 2.24) is 0 Å². The molecular formula is C21H46O2Si. The Hall–Kier alpha value is 0.137. The molecule has 0 heterocycles. The van der Waals surface area contributed by atoms with Crippen molar-refractivity contribution >= 4 is 8.32 Å². The summed E-state index contributed by atoms with van der Waals surface area (Å²) < 4.78 is 11.9. The van der Waals surface area contributed by atoms with Gasteiger partial charge in [0.05, 0.1) is 13.2 Å². The highest BCUT2D eigenvalue weighted by atomic mass is 28.4. The highest BCUT2D eigenvalue weighted by Crippen LogP contribution is 2.31. The van der Waals surface area contributed by atoms with Crippen LogP contribution in [0.1, 0.15) is 80.1 Å². The summed E-state index contributed by atoms with van der Waals surface area (Å²) in [6.45, 7) is 15.6. The number of methoxy groups -OCH3 is 1. The number of rotatable bonds is 16. The van der Waals surface area contributed by atoms with Crippen LogP contribution in [-0.2, 0) is 9.16 Å². The molecule has 0 saturated heterocycles. The second-order valence-electron chi connectivity index (χ2n) is 8.88. The minimum absolute atomic E-state index is 0.743. The van der Waals surface area contributed by atoms with E-state index in [2.05, 4.69) is 41.5 Å². The van der Waals surface area contributed by atoms with Crippen molar-refractivity contribution in [1.29, 1.82) is 0 Å². The number of hydrogen-bond acceptors (Lipinski definition) is 2. The van der Waals surface area contributed by atoms with E-state index < -0.39 is 8.32 Å². The molecule has 0 spiro atoms. The van der Waals surface area contributed by atoms with Gasteiger partial charge in [0.1, 0.15) is 0 Å². The topological polar surface area (TPSA) is 18.5 Å². The summed E-state index contributed by atoms with van der Waals surface area (Å²) in [4.78, 5) is 0.